The molecule has 0 aliphatic carbocycles. The van der Waals surface area contributed by atoms with Crippen LogP contribution >= 0.6 is 15.9 Å². The predicted octanol–water partition coefficient (Wildman–Crippen LogP) is 3.55. The molecule has 1 aromatic rings. The largest absolute Gasteiger partial charge is 0.335 e. The predicted molar refractivity (Wildman–Crippen MR) is 78.3 cm³/mol. The minimum absolute atomic E-state index is 0.173. The minimum Gasteiger partial charge on any atom is -0.335 e. The molecule has 1 fully saturated rings. The maximum atomic E-state index is 12.5. The van der Waals surface area contributed by atoms with Crippen molar-refractivity contribution in [2.24, 2.45) is 5.92 Å². The molecule has 18 heavy (non-hydrogen) atoms. The van der Waals surface area contributed by atoms with E-state index in [2.05, 4.69) is 36.7 Å². The maximum absolute atomic E-state index is 12.5. The van der Waals surface area contributed by atoms with Crippen LogP contribution in [0, 0.1) is 19.8 Å². The van der Waals surface area contributed by atoms with E-state index in [9.17, 15) is 4.79 Å². The summed E-state index contributed by atoms with van der Waals surface area (Å²) in [7, 11) is 0. The number of nitrogens with zero attached hydrogens (tertiary/aromatic N) is 1. The summed E-state index contributed by atoms with van der Waals surface area (Å²) in [5.41, 5.74) is 3.24. The van der Waals surface area contributed by atoms with Crippen LogP contribution in [0.2, 0.25) is 0 Å². The van der Waals surface area contributed by atoms with Crippen molar-refractivity contribution in [1.29, 1.82) is 0 Å². The van der Waals surface area contributed by atoms with Crippen LogP contribution < -0.4 is 0 Å². The molecule has 0 saturated carbocycles. The Balaban J connectivity index is 2.23. The standard InChI is InChI=1S/C15H20BrNO/c1-10-4-5-13(8-12(10)3)15(18)17-7-6-11(2)14(17)9-16/h4-5,8,11,14H,6-7,9H2,1-3H3. The van der Waals surface area contributed by atoms with E-state index in [-0.39, 0.29) is 5.91 Å². The quantitative estimate of drug-likeness (QED) is 0.765. The van der Waals surface area contributed by atoms with Crippen LogP contribution in [0.15, 0.2) is 18.2 Å². The van der Waals surface area contributed by atoms with Gasteiger partial charge >= 0.3 is 0 Å². The van der Waals surface area contributed by atoms with Gasteiger partial charge in [0.1, 0.15) is 0 Å². The monoisotopic (exact) mass is 309 g/mol. The van der Waals surface area contributed by atoms with Gasteiger partial charge in [0, 0.05) is 23.5 Å². The third-order valence-electron chi connectivity index (χ3n) is 4.06. The Bertz CT molecular complexity index is 458. The van der Waals surface area contributed by atoms with Crippen molar-refractivity contribution in [2.75, 3.05) is 11.9 Å². The molecule has 0 aromatic heterocycles. The van der Waals surface area contributed by atoms with Gasteiger partial charge in [-0.25, -0.2) is 0 Å². The fourth-order valence-electron chi connectivity index (χ4n) is 2.54. The topological polar surface area (TPSA) is 20.3 Å². The SMILES string of the molecule is Cc1ccc(C(=O)N2CCC(C)C2CBr)cc1C. The number of likely N-dealkylation sites (tertiary alicyclic amines) is 1. The number of carbonyl (C=O) groups is 1. The summed E-state index contributed by atoms with van der Waals surface area (Å²) >= 11 is 3.53. The van der Waals surface area contributed by atoms with Gasteiger partial charge in [0.2, 0.25) is 0 Å². The molecular formula is C15H20BrNO. The van der Waals surface area contributed by atoms with Crippen LogP contribution in [0.5, 0.6) is 0 Å². The lowest BCUT2D eigenvalue weighted by atomic mass is 10.0. The summed E-state index contributed by atoms with van der Waals surface area (Å²) in [6.07, 6.45) is 1.10. The van der Waals surface area contributed by atoms with Gasteiger partial charge in [0.05, 0.1) is 0 Å². The molecule has 2 rings (SSSR count). The van der Waals surface area contributed by atoms with Gasteiger partial charge in [-0.05, 0) is 49.4 Å². The summed E-state index contributed by atoms with van der Waals surface area (Å²) in [4.78, 5) is 14.5. The van der Waals surface area contributed by atoms with Gasteiger partial charge in [-0.15, -0.1) is 0 Å². The molecule has 0 bridgehead atoms. The molecule has 2 atom stereocenters. The van der Waals surface area contributed by atoms with Crippen molar-refractivity contribution >= 4 is 21.8 Å². The lowest BCUT2D eigenvalue weighted by molar-refractivity contribution is 0.0738. The molecule has 1 aliphatic heterocycles. The first-order valence-electron chi connectivity index (χ1n) is 6.48. The Morgan fingerprint density at radius 2 is 2.11 bits per heavy atom. The molecular weight excluding hydrogens is 290 g/mol. The normalized spacial score (nSPS) is 23.4. The Kier molecular flexibility index (Phi) is 4.10. The van der Waals surface area contributed by atoms with E-state index in [1.165, 1.54) is 11.1 Å². The molecule has 0 radical (unpaired) electrons. The molecule has 2 nitrogen and oxygen atoms in total. The van der Waals surface area contributed by atoms with Gasteiger partial charge in [-0.3, -0.25) is 4.79 Å². The van der Waals surface area contributed by atoms with Gasteiger partial charge in [0.15, 0.2) is 0 Å². The first kappa shape index (κ1) is 13.6. The highest BCUT2D eigenvalue weighted by Crippen LogP contribution is 2.27. The Hall–Kier alpha value is -0.830. The number of rotatable bonds is 2. The molecule has 2 unspecified atom stereocenters. The van der Waals surface area contributed by atoms with E-state index < -0.39 is 0 Å². The summed E-state index contributed by atoms with van der Waals surface area (Å²) in [5.74, 6) is 0.756. The first-order valence-corrected chi connectivity index (χ1v) is 7.61. The van der Waals surface area contributed by atoms with Crippen molar-refractivity contribution in [2.45, 2.75) is 33.2 Å². The summed E-state index contributed by atoms with van der Waals surface area (Å²) < 4.78 is 0. The van der Waals surface area contributed by atoms with Crippen molar-refractivity contribution in [3.63, 3.8) is 0 Å². The Morgan fingerprint density at radius 1 is 1.39 bits per heavy atom. The van der Waals surface area contributed by atoms with Gasteiger partial charge in [-0.2, -0.15) is 0 Å². The van der Waals surface area contributed by atoms with E-state index in [1.807, 2.05) is 23.1 Å². The zero-order chi connectivity index (χ0) is 13.3. The number of benzene rings is 1. The number of halogens is 1. The van der Waals surface area contributed by atoms with Crippen LogP contribution in [0.3, 0.4) is 0 Å². The highest BCUT2D eigenvalue weighted by atomic mass is 79.9. The highest BCUT2D eigenvalue weighted by molar-refractivity contribution is 9.09. The van der Waals surface area contributed by atoms with Gasteiger partial charge < -0.3 is 4.90 Å². The molecule has 1 amide bonds. The van der Waals surface area contributed by atoms with Crippen molar-refractivity contribution < 1.29 is 4.79 Å². The number of hydrogen-bond acceptors (Lipinski definition) is 1. The molecule has 0 spiro atoms. The third kappa shape index (κ3) is 2.46. The summed E-state index contributed by atoms with van der Waals surface area (Å²) in [5, 5.41) is 0.866. The van der Waals surface area contributed by atoms with E-state index in [0.717, 1.165) is 23.9 Å². The zero-order valence-electron chi connectivity index (χ0n) is 11.2. The highest BCUT2D eigenvalue weighted by Gasteiger charge is 2.33. The van der Waals surface area contributed by atoms with E-state index in [0.29, 0.717) is 12.0 Å². The molecule has 3 heteroatoms. The number of carbonyl (C=O) groups excluding carboxylic acids is 1. The third-order valence-corrected chi connectivity index (χ3v) is 4.72. The lowest BCUT2D eigenvalue weighted by Crippen LogP contribution is -2.38. The minimum atomic E-state index is 0.173. The smallest absolute Gasteiger partial charge is 0.254 e. The van der Waals surface area contributed by atoms with Crippen LogP contribution in [0.4, 0.5) is 0 Å². The van der Waals surface area contributed by atoms with Crippen molar-refractivity contribution in [1.82, 2.24) is 4.90 Å². The fourth-order valence-corrected chi connectivity index (χ4v) is 3.52. The Morgan fingerprint density at radius 3 is 2.72 bits per heavy atom. The zero-order valence-corrected chi connectivity index (χ0v) is 12.8. The molecule has 1 heterocycles. The van der Waals surface area contributed by atoms with Crippen molar-refractivity contribution in [3.05, 3.63) is 34.9 Å². The van der Waals surface area contributed by atoms with E-state index in [4.69, 9.17) is 0 Å². The van der Waals surface area contributed by atoms with Crippen LogP contribution in [-0.2, 0) is 0 Å². The Labute approximate surface area is 117 Å². The second-order valence-electron chi connectivity index (χ2n) is 5.29. The van der Waals surface area contributed by atoms with E-state index in [1.54, 1.807) is 0 Å². The number of aryl methyl sites for hydroxylation is 2. The van der Waals surface area contributed by atoms with Crippen molar-refractivity contribution in [3.8, 4) is 0 Å². The summed E-state index contributed by atoms with van der Waals surface area (Å²) in [6, 6.07) is 6.31. The lowest BCUT2D eigenvalue weighted by Gasteiger charge is -2.25. The molecule has 1 saturated heterocycles. The number of alkyl halides is 1. The van der Waals surface area contributed by atoms with Crippen LogP contribution in [0.25, 0.3) is 0 Å². The molecule has 1 aliphatic rings. The van der Waals surface area contributed by atoms with Gasteiger partial charge in [0.25, 0.3) is 5.91 Å². The maximum Gasteiger partial charge on any atom is 0.254 e. The number of hydrogen-bond donors (Lipinski definition) is 0. The average molecular weight is 310 g/mol. The van der Waals surface area contributed by atoms with Crippen LogP contribution in [-0.4, -0.2) is 28.7 Å². The number of amides is 1. The molecule has 0 N–H and O–H groups in total. The average Bonchev–Trinajstić information content (AvgIpc) is 2.73. The van der Waals surface area contributed by atoms with Gasteiger partial charge in [-0.1, -0.05) is 28.9 Å². The first-order chi connectivity index (χ1) is 8.54. The van der Waals surface area contributed by atoms with Crippen LogP contribution in [0.1, 0.15) is 34.8 Å². The second kappa shape index (κ2) is 5.43. The fraction of sp³-hybridized carbons (Fsp3) is 0.533. The summed E-state index contributed by atoms with van der Waals surface area (Å²) in [6.45, 7) is 7.23. The molecule has 1 aromatic carbocycles. The van der Waals surface area contributed by atoms with E-state index >= 15 is 0 Å². The second-order valence-corrected chi connectivity index (χ2v) is 5.93. The molecule has 98 valence electrons.